The summed E-state index contributed by atoms with van der Waals surface area (Å²) in [5, 5.41) is 23.5. The first kappa shape index (κ1) is 19.4. The van der Waals surface area contributed by atoms with Gasteiger partial charge < -0.3 is 14.9 Å². The van der Waals surface area contributed by atoms with Gasteiger partial charge in [-0.15, -0.1) is 0 Å². The van der Waals surface area contributed by atoms with Gasteiger partial charge in [0.05, 0.1) is 22.4 Å². The first-order chi connectivity index (χ1) is 16.6. The number of rotatable bonds is 3. The molecule has 3 aromatic rings. The fourth-order valence-corrected chi connectivity index (χ4v) is 7.59. The maximum atomic E-state index is 12.7. The zero-order valence-electron chi connectivity index (χ0n) is 19.1. The smallest absolute Gasteiger partial charge is 0.166 e. The lowest BCUT2D eigenvalue weighted by molar-refractivity contribution is -0.173. The van der Waals surface area contributed by atoms with Crippen LogP contribution in [0.3, 0.4) is 0 Å². The van der Waals surface area contributed by atoms with Crippen LogP contribution in [0.5, 0.6) is 11.5 Å². The Morgan fingerprint density at radius 3 is 2.68 bits per heavy atom. The minimum absolute atomic E-state index is 0.0536. The number of aliphatic hydroxyl groups is 1. The largest absolute Gasteiger partial charge is 0.504 e. The summed E-state index contributed by atoms with van der Waals surface area (Å²) in [5.41, 5.74) is 4.72. The van der Waals surface area contributed by atoms with Gasteiger partial charge in [-0.2, -0.15) is 0 Å². The molecule has 3 aliphatic carbocycles. The lowest BCUT2D eigenvalue weighted by Gasteiger charge is -2.63. The predicted octanol–water partition coefficient (Wildman–Crippen LogP) is 4.15. The fraction of sp³-hybridized carbons (Fsp3) is 0.414. The Labute approximate surface area is 199 Å². The molecule has 5 nitrogen and oxygen atoms in total. The monoisotopic (exact) mass is 452 g/mol. The zero-order chi connectivity index (χ0) is 22.7. The van der Waals surface area contributed by atoms with Crippen LogP contribution in [0.25, 0.3) is 11.3 Å². The highest BCUT2D eigenvalue weighted by molar-refractivity contribution is 5.66. The molecule has 34 heavy (non-hydrogen) atoms. The first-order valence-electron chi connectivity index (χ1n) is 12.6. The van der Waals surface area contributed by atoms with Crippen molar-refractivity contribution in [3.05, 3.63) is 77.0 Å². The molecule has 2 aliphatic heterocycles. The molecule has 172 valence electrons. The molecule has 5 aliphatic rings. The second-order valence-corrected chi connectivity index (χ2v) is 11.0. The Bertz CT molecular complexity index is 1340. The van der Waals surface area contributed by atoms with Crippen molar-refractivity contribution in [2.45, 2.75) is 55.3 Å². The van der Waals surface area contributed by atoms with E-state index >= 15 is 0 Å². The van der Waals surface area contributed by atoms with Crippen LogP contribution in [0.15, 0.2) is 54.6 Å². The number of likely N-dealkylation sites (tertiary alicyclic amines) is 1. The third-order valence-electron chi connectivity index (χ3n) is 9.30. The third-order valence-corrected chi connectivity index (χ3v) is 9.30. The van der Waals surface area contributed by atoms with Gasteiger partial charge in [0.1, 0.15) is 0 Å². The van der Waals surface area contributed by atoms with Crippen LogP contribution in [-0.4, -0.2) is 44.8 Å². The van der Waals surface area contributed by atoms with Crippen molar-refractivity contribution in [2.24, 2.45) is 5.92 Å². The number of aromatic hydroxyl groups is 1. The Balaban J connectivity index is 1.35. The number of benzene rings is 2. The molecule has 1 saturated heterocycles. The van der Waals surface area contributed by atoms with Crippen molar-refractivity contribution >= 4 is 0 Å². The highest BCUT2D eigenvalue weighted by atomic mass is 16.5. The summed E-state index contributed by atoms with van der Waals surface area (Å²) in [5.74, 6) is 1.51. The van der Waals surface area contributed by atoms with Crippen molar-refractivity contribution < 1.29 is 14.9 Å². The van der Waals surface area contributed by atoms with Crippen LogP contribution in [0.4, 0.5) is 0 Å². The molecule has 2 aromatic carbocycles. The Kier molecular flexibility index (Phi) is 3.66. The number of phenolic OH excluding ortho intramolecular Hbond substituents is 1. The number of ether oxygens (including phenoxy) is 1. The van der Waals surface area contributed by atoms with E-state index in [1.807, 2.05) is 18.2 Å². The molecule has 5 heteroatoms. The standard InChI is InChI=1S/C29H28N2O3/c32-22-11-9-19-14-23-29(33)15-20-8-10-21(18-4-2-1-3-5-18)30-25(20)27-28(29,24(19)26(22)34-27)12-13-31(23)16-17-6-7-17/h1-5,8-11,17,23,27,32-33H,6-7,12-16H2/t23-,27-,28-,29+/m0/s1. The zero-order valence-corrected chi connectivity index (χ0v) is 19.1. The van der Waals surface area contributed by atoms with Crippen LogP contribution in [0.1, 0.15) is 47.8 Å². The number of fused-ring (bicyclic) bond motifs is 2. The molecule has 1 spiro atoms. The predicted molar refractivity (Wildman–Crippen MR) is 128 cm³/mol. The van der Waals surface area contributed by atoms with Crippen molar-refractivity contribution in [3.8, 4) is 22.8 Å². The normalized spacial score (nSPS) is 32.6. The Morgan fingerprint density at radius 2 is 1.85 bits per heavy atom. The number of aromatic nitrogens is 1. The SMILES string of the molecule is Oc1ccc2c3c1O[C@H]1c4nc(-c5ccccc5)ccc4C[C@@]4(O)[C@H](C2)N(CC2CC2)CC[C@]314. The van der Waals surface area contributed by atoms with E-state index in [0.29, 0.717) is 12.2 Å². The van der Waals surface area contributed by atoms with E-state index < -0.39 is 17.1 Å². The summed E-state index contributed by atoms with van der Waals surface area (Å²) in [6, 6.07) is 18.3. The highest BCUT2D eigenvalue weighted by Gasteiger charge is 2.72. The maximum Gasteiger partial charge on any atom is 0.166 e. The van der Waals surface area contributed by atoms with E-state index in [9.17, 15) is 10.2 Å². The van der Waals surface area contributed by atoms with E-state index in [1.165, 1.54) is 18.4 Å². The van der Waals surface area contributed by atoms with Gasteiger partial charge in [-0.25, -0.2) is 4.98 Å². The molecule has 1 saturated carbocycles. The minimum atomic E-state index is -0.945. The van der Waals surface area contributed by atoms with Crippen molar-refractivity contribution in [3.63, 3.8) is 0 Å². The van der Waals surface area contributed by atoms with Gasteiger partial charge in [0.15, 0.2) is 17.6 Å². The van der Waals surface area contributed by atoms with Crippen LogP contribution >= 0.6 is 0 Å². The van der Waals surface area contributed by atoms with Crippen LogP contribution in [0, 0.1) is 5.92 Å². The van der Waals surface area contributed by atoms with E-state index in [0.717, 1.165) is 59.9 Å². The lowest BCUT2D eigenvalue weighted by Crippen LogP contribution is -2.74. The van der Waals surface area contributed by atoms with Gasteiger partial charge in [-0.1, -0.05) is 42.5 Å². The summed E-state index contributed by atoms with van der Waals surface area (Å²) in [4.78, 5) is 7.71. The van der Waals surface area contributed by atoms with Crippen LogP contribution in [0.2, 0.25) is 0 Å². The van der Waals surface area contributed by atoms with Crippen molar-refractivity contribution in [1.29, 1.82) is 0 Å². The quantitative estimate of drug-likeness (QED) is 0.625. The molecule has 2 N–H and O–H groups in total. The Morgan fingerprint density at radius 1 is 1.03 bits per heavy atom. The molecule has 4 atom stereocenters. The van der Waals surface area contributed by atoms with Gasteiger partial charge in [-0.05, 0) is 61.4 Å². The third kappa shape index (κ3) is 2.30. The number of hydrogen-bond acceptors (Lipinski definition) is 5. The van der Waals surface area contributed by atoms with Crippen LogP contribution in [-0.2, 0) is 18.3 Å². The number of piperidine rings is 1. The number of hydrogen-bond donors (Lipinski definition) is 2. The fourth-order valence-electron chi connectivity index (χ4n) is 7.59. The van der Waals surface area contributed by atoms with Gasteiger partial charge in [0.2, 0.25) is 0 Å². The van der Waals surface area contributed by atoms with E-state index in [1.54, 1.807) is 6.07 Å². The molecule has 0 radical (unpaired) electrons. The second-order valence-electron chi connectivity index (χ2n) is 11.0. The molecule has 0 amide bonds. The average Bonchev–Trinajstić information content (AvgIpc) is 3.59. The van der Waals surface area contributed by atoms with Gasteiger partial charge >= 0.3 is 0 Å². The van der Waals surface area contributed by atoms with Gasteiger partial charge in [0.25, 0.3) is 0 Å². The number of phenols is 1. The van der Waals surface area contributed by atoms with Gasteiger partial charge in [-0.3, -0.25) is 4.90 Å². The molecular weight excluding hydrogens is 424 g/mol. The highest BCUT2D eigenvalue weighted by Crippen LogP contribution is 2.68. The molecule has 2 bridgehead atoms. The lowest BCUT2D eigenvalue weighted by atomic mass is 9.49. The van der Waals surface area contributed by atoms with E-state index in [-0.39, 0.29) is 11.8 Å². The molecule has 0 unspecified atom stereocenters. The maximum absolute atomic E-state index is 12.7. The Hall–Kier alpha value is -2.89. The topological polar surface area (TPSA) is 65.8 Å². The van der Waals surface area contributed by atoms with Gasteiger partial charge in [0, 0.05) is 30.1 Å². The van der Waals surface area contributed by atoms with Crippen molar-refractivity contribution in [2.75, 3.05) is 13.1 Å². The summed E-state index contributed by atoms with van der Waals surface area (Å²) in [7, 11) is 0. The molecular formula is C29H28N2O3. The second kappa shape index (κ2) is 6.41. The minimum Gasteiger partial charge on any atom is -0.504 e. The molecule has 2 fully saturated rings. The first-order valence-corrected chi connectivity index (χ1v) is 12.6. The summed E-state index contributed by atoms with van der Waals surface area (Å²) in [6.07, 6.45) is 4.42. The number of nitrogens with zero attached hydrogens (tertiary/aromatic N) is 2. The average molecular weight is 453 g/mol. The summed E-state index contributed by atoms with van der Waals surface area (Å²) < 4.78 is 6.63. The molecule has 8 rings (SSSR count). The molecule has 3 heterocycles. The molecule has 1 aromatic heterocycles. The summed E-state index contributed by atoms with van der Waals surface area (Å²) in [6.45, 7) is 2.03. The van der Waals surface area contributed by atoms with Crippen molar-refractivity contribution in [1.82, 2.24) is 9.88 Å². The number of pyridine rings is 1. The van der Waals surface area contributed by atoms with Crippen LogP contribution < -0.4 is 4.74 Å². The van der Waals surface area contributed by atoms with E-state index in [2.05, 4.69) is 35.2 Å². The van der Waals surface area contributed by atoms with E-state index in [4.69, 9.17) is 9.72 Å². The summed E-state index contributed by atoms with van der Waals surface area (Å²) >= 11 is 0.